The zero-order chi connectivity index (χ0) is 23.4. The van der Waals surface area contributed by atoms with E-state index in [4.69, 9.17) is 23.2 Å². The Hall–Kier alpha value is -2.74. The van der Waals surface area contributed by atoms with E-state index in [0.29, 0.717) is 29.4 Å². The van der Waals surface area contributed by atoms with Gasteiger partial charge in [0.15, 0.2) is 0 Å². The SMILES string of the molecule is O=C(NCCCc1ccc(Cl)c(Cl)c1)C1CN(Cc2nc(-c3ccccc3)cs2)C(=O)C1=O. The highest BCUT2D eigenvalue weighted by Crippen LogP contribution is 2.25. The van der Waals surface area contributed by atoms with Crippen LogP contribution in [0.15, 0.2) is 53.9 Å². The van der Waals surface area contributed by atoms with Crippen LogP contribution in [0.25, 0.3) is 11.3 Å². The van der Waals surface area contributed by atoms with Crippen LogP contribution in [0.5, 0.6) is 0 Å². The number of hydrogen-bond donors (Lipinski definition) is 1. The standard InChI is InChI=1S/C24H21Cl2N3O3S/c25-18-9-8-15(11-19(18)26)5-4-10-27-23(31)17-12-29(24(32)22(17)30)13-21-28-20(14-33-21)16-6-2-1-3-7-16/h1-3,6-9,11,14,17H,4-5,10,12-13H2,(H,27,31). The van der Waals surface area contributed by atoms with Crippen molar-refractivity contribution in [2.45, 2.75) is 19.4 Å². The Morgan fingerprint density at radius 1 is 1.12 bits per heavy atom. The molecule has 0 radical (unpaired) electrons. The normalized spacial score (nSPS) is 15.8. The maximum atomic E-state index is 12.5. The third kappa shape index (κ3) is 5.61. The van der Waals surface area contributed by atoms with Crippen LogP contribution in [0.4, 0.5) is 0 Å². The second-order valence-corrected chi connectivity index (χ2v) is 9.50. The number of carbonyl (C=O) groups is 3. The van der Waals surface area contributed by atoms with Crippen LogP contribution in [0.2, 0.25) is 10.0 Å². The number of halogens is 2. The Morgan fingerprint density at radius 3 is 2.67 bits per heavy atom. The van der Waals surface area contributed by atoms with Crippen molar-refractivity contribution in [1.82, 2.24) is 15.2 Å². The molecule has 1 atom stereocenters. The summed E-state index contributed by atoms with van der Waals surface area (Å²) in [5, 5.41) is 6.40. The summed E-state index contributed by atoms with van der Waals surface area (Å²) in [5.74, 6) is -2.72. The van der Waals surface area contributed by atoms with Crippen molar-refractivity contribution < 1.29 is 14.4 Å². The number of carbonyl (C=O) groups excluding carboxylic acids is 3. The van der Waals surface area contributed by atoms with Gasteiger partial charge in [-0.3, -0.25) is 14.4 Å². The van der Waals surface area contributed by atoms with Gasteiger partial charge in [-0.1, -0.05) is 59.6 Å². The van der Waals surface area contributed by atoms with E-state index in [9.17, 15) is 14.4 Å². The summed E-state index contributed by atoms with van der Waals surface area (Å²) < 4.78 is 0. The first-order chi connectivity index (χ1) is 15.9. The van der Waals surface area contributed by atoms with Gasteiger partial charge in [0.2, 0.25) is 11.7 Å². The Balaban J connectivity index is 1.28. The van der Waals surface area contributed by atoms with Crippen LogP contribution in [-0.2, 0) is 27.3 Å². The van der Waals surface area contributed by atoms with Gasteiger partial charge in [-0.2, -0.15) is 0 Å². The number of ketones is 1. The summed E-state index contributed by atoms with van der Waals surface area (Å²) in [7, 11) is 0. The van der Waals surface area contributed by atoms with Crippen molar-refractivity contribution in [2.75, 3.05) is 13.1 Å². The molecule has 1 unspecified atom stereocenters. The molecular weight excluding hydrogens is 481 g/mol. The fourth-order valence-electron chi connectivity index (χ4n) is 3.64. The average molecular weight is 502 g/mol. The van der Waals surface area contributed by atoms with E-state index < -0.39 is 23.5 Å². The lowest BCUT2D eigenvalue weighted by atomic mass is 10.1. The third-order valence-electron chi connectivity index (χ3n) is 5.41. The van der Waals surface area contributed by atoms with E-state index in [2.05, 4.69) is 10.3 Å². The van der Waals surface area contributed by atoms with E-state index in [1.54, 1.807) is 12.1 Å². The summed E-state index contributed by atoms with van der Waals surface area (Å²) in [5.41, 5.74) is 2.82. The van der Waals surface area contributed by atoms with Gasteiger partial charge in [-0.05, 0) is 30.5 Å². The van der Waals surface area contributed by atoms with Gasteiger partial charge < -0.3 is 10.2 Å². The number of nitrogens with one attached hydrogen (secondary N) is 1. The maximum Gasteiger partial charge on any atom is 0.291 e. The summed E-state index contributed by atoms with van der Waals surface area (Å²) in [6.45, 7) is 0.670. The number of amides is 2. The predicted octanol–water partition coefficient (Wildman–Crippen LogP) is 4.39. The molecule has 6 nitrogen and oxygen atoms in total. The Labute approximate surface area is 205 Å². The summed E-state index contributed by atoms with van der Waals surface area (Å²) in [6.07, 6.45) is 1.37. The van der Waals surface area contributed by atoms with Crippen LogP contribution in [0.1, 0.15) is 17.0 Å². The molecule has 0 bridgehead atoms. The highest BCUT2D eigenvalue weighted by Gasteiger charge is 2.43. The third-order valence-corrected chi connectivity index (χ3v) is 6.98. The first-order valence-electron chi connectivity index (χ1n) is 10.5. The zero-order valence-corrected chi connectivity index (χ0v) is 19.9. The number of aromatic nitrogens is 1. The number of likely N-dealkylation sites (tertiary alicyclic amines) is 1. The number of thiazole rings is 1. The fraction of sp³-hybridized carbons (Fsp3) is 0.250. The number of hydrogen-bond acceptors (Lipinski definition) is 5. The topological polar surface area (TPSA) is 79.4 Å². The van der Waals surface area contributed by atoms with Crippen LogP contribution in [0.3, 0.4) is 0 Å². The zero-order valence-electron chi connectivity index (χ0n) is 17.6. The molecule has 2 heterocycles. The number of Topliss-reactive ketones (excluding diaryl/α,β-unsaturated/α-hetero) is 1. The minimum atomic E-state index is -0.990. The van der Waals surface area contributed by atoms with E-state index >= 15 is 0 Å². The van der Waals surface area contributed by atoms with Gasteiger partial charge in [0.05, 0.1) is 22.3 Å². The smallest absolute Gasteiger partial charge is 0.291 e. The van der Waals surface area contributed by atoms with Gasteiger partial charge in [0.25, 0.3) is 5.91 Å². The molecule has 1 N–H and O–H groups in total. The van der Waals surface area contributed by atoms with E-state index in [0.717, 1.165) is 21.8 Å². The van der Waals surface area contributed by atoms with E-state index in [-0.39, 0.29) is 13.1 Å². The molecule has 170 valence electrons. The molecule has 0 saturated carbocycles. The van der Waals surface area contributed by atoms with Crippen molar-refractivity contribution >= 4 is 52.1 Å². The summed E-state index contributed by atoms with van der Waals surface area (Å²) in [6, 6.07) is 15.1. The molecule has 4 rings (SSSR count). The first kappa shape index (κ1) is 23.4. The second kappa shape index (κ2) is 10.5. The molecular formula is C24H21Cl2N3O3S. The predicted molar refractivity (Wildman–Crippen MR) is 129 cm³/mol. The quantitative estimate of drug-likeness (QED) is 0.282. The number of benzene rings is 2. The van der Waals surface area contributed by atoms with E-state index in [1.807, 2.05) is 41.8 Å². The molecule has 1 saturated heterocycles. The first-order valence-corrected chi connectivity index (χ1v) is 12.1. The lowest BCUT2D eigenvalue weighted by molar-refractivity contribution is -0.142. The molecule has 1 aliphatic heterocycles. The number of aryl methyl sites for hydroxylation is 1. The van der Waals surface area contributed by atoms with Crippen molar-refractivity contribution in [3.63, 3.8) is 0 Å². The number of nitrogens with zero attached hydrogens (tertiary/aromatic N) is 2. The minimum absolute atomic E-state index is 0.0660. The molecule has 1 fully saturated rings. The van der Waals surface area contributed by atoms with Crippen molar-refractivity contribution in [2.24, 2.45) is 5.92 Å². The van der Waals surface area contributed by atoms with E-state index in [1.165, 1.54) is 16.2 Å². The molecule has 0 spiro atoms. The number of rotatable bonds is 8. The molecule has 1 aliphatic rings. The lowest BCUT2D eigenvalue weighted by Gasteiger charge is -2.13. The van der Waals surface area contributed by atoms with Crippen LogP contribution in [-0.4, -0.2) is 40.6 Å². The van der Waals surface area contributed by atoms with Crippen LogP contribution < -0.4 is 5.32 Å². The lowest BCUT2D eigenvalue weighted by Crippen LogP contribution is -2.36. The molecule has 3 aromatic rings. The Bertz CT molecular complexity index is 1180. The average Bonchev–Trinajstić information content (AvgIpc) is 3.40. The Kier molecular flexibility index (Phi) is 7.42. The summed E-state index contributed by atoms with van der Waals surface area (Å²) >= 11 is 13.4. The van der Waals surface area contributed by atoms with Crippen molar-refractivity contribution in [1.29, 1.82) is 0 Å². The molecule has 9 heteroatoms. The van der Waals surface area contributed by atoms with Crippen molar-refractivity contribution in [3.05, 3.63) is 74.5 Å². The highest BCUT2D eigenvalue weighted by molar-refractivity contribution is 7.09. The van der Waals surface area contributed by atoms with Gasteiger partial charge in [0.1, 0.15) is 10.9 Å². The minimum Gasteiger partial charge on any atom is -0.355 e. The largest absolute Gasteiger partial charge is 0.355 e. The van der Waals surface area contributed by atoms with Gasteiger partial charge in [-0.25, -0.2) is 4.98 Å². The second-order valence-electron chi connectivity index (χ2n) is 7.74. The van der Waals surface area contributed by atoms with Crippen LogP contribution >= 0.6 is 34.5 Å². The highest BCUT2D eigenvalue weighted by atomic mass is 35.5. The molecule has 1 aromatic heterocycles. The maximum absolute atomic E-state index is 12.5. The molecule has 0 aliphatic carbocycles. The van der Waals surface area contributed by atoms with Crippen LogP contribution in [0, 0.1) is 5.92 Å². The fourth-order valence-corrected chi connectivity index (χ4v) is 4.78. The van der Waals surface area contributed by atoms with Gasteiger partial charge >= 0.3 is 0 Å². The monoisotopic (exact) mass is 501 g/mol. The summed E-state index contributed by atoms with van der Waals surface area (Å²) in [4.78, 5) is 43.3. The van der Waals surface area contributed by atoms with Gasteiger partial charge in [0, 0.05) is 24.0 Å². The Morgan fingerprint density at radius 2 is 1.91 bits per heavy atom. The van der Waals surface area contributed by atoms with Crippen molar-refractivity contribution in [3.8, 4) is 11.3 Å². The van der Waals surface area contributed by atoms with Gasteiger partial charge in [-0.15, -0.1) is 11.3 Å². The molecule has 2 aromatic carbocycles. The molecule has 2 amide bonds. The molecule has 33 heavy (non-hydrogen) atoms.